The predicted octanol–water partition coefficient (Wildman–Crippen LogP) is 2.88. The molecule has 0 spiro atoms. The molecule has 1 unspecified atom stereocenters. The van der Waals surface area contributed by atoms with Gasteiger partial charge in [-0.3, -0.25) is 0 Å². The van der Waals surface area contributed by atoms with E-state index in [1.165, 1.54) is 6.42 Å². The fraction of sp³-hybridized carbons (Fsp3) is 0.625. The van der Waals surface area contributed by atoms with E-state index < -0.39 is 0 Å². The first-order chi connectivity index (χ1) is 9.83. The van der Waals surface area contributed by atoms with Crippen LogP contribution < -0.4 is 15.2 Å². The third kappa shape index (κ3) is 4.39. The monoisotopic (exact) mass is 279 g/mol. The van der Waals surface area contributed by atoms with E-state index in [1.807, 2.05) is 18.2 Å². The maximum absolute atomic E-state index is 5.90. The lowest BCUT2D eigenvalue weighted by Crippen LogP contribution is -2.26. The normalized spacial score (nSPS) is 18.8. The number of ether oxygens (including phenoxy) is 3. The lowest BCUT2D eigenvalue weighted by molar-refractivity contribution is -0.0112. The van der Waals surface area contributed by atoms with Crippen LogP contribution in [-0.2, 0) is 11.3 Å². The van der Waals surface area contributed by atoms with Gasteiger partial charge in [-0.2, -0.15) is 0 Å². The summed E-state index contributed by atoms with van der Waals surface area (Å²) in [4.78, 5) is 0. The Morgan fingerprint density at radius 3 is 2.90 bits per heavy atom. The molecule has 112 valence electrons. The van der Waals surface area contributed by atoms with E-state index in [1.54, 1.807) is 0 Å². The minimum atomic E-state index is 0.203. The van der Waals surface area contributed by atoms with Crippen molar-refractivity contribution in [2.45, 2.75) is 45.3 Å². The van der Waals surface area contributed by atoms with Gasteiger partial charge >= 0.3 is 0 Å². The highest BCUT2D eigenvalue weighted by Gasteiger charge is 2.15. The number of hydrogen-bond acceptors (Lipinski definition) is 4. The fourth-order valence-electron chi connectivity index (χ4n) is 2.27. The summed E-state index contributed by atoms with van der Waals surface area (Å²) >= 11 is 0. The first kappa shape index (κ1) is 15.1. The van der Waals surface area contributed by atoms with E-state index in [0.717, 1.165) is 42.9 Å². The van der Waals surface area contributed by atoms with Gasteiger partial charge < -0.3 is 19.9 Å². The van der Waals surface area contributed by atoms with Gasteiger partial charge in [0.1, 0.15) is 18.1 Å². The van der Waals surface area contributed by atoms with E-state index in [4.69, 9.17) is 19.9 Å². The van der Waals surface area contributed by atoms with Gasteiger partial charge in [-0.1, -0.05) is 13.0 Å². The van der Waals surface area contributed by atoms with Crippen LogP contribution in [0.1, 0.15) is 38.2 Å². The van der Waals surface area contributed by atoms with Crippen LogP contribution in [0.25, 0.3) is 0 Å². The molecule has 2 N–H and O–H groups in total. The minimum absolute atomic E-state index is 0.203. The fourth-order valence-corrected chi connectivity index (χ4v) is 2.27. The zero-order chi connectivity index (χ0) is 14.2. The molecule has 1 saturated heterocycles. The highest BCUT2D eigenvalue weighted by Crippen LogP contribution is 2.26. The molecule has 0 amide bonds. The van der Waals surface area contributed by atoms with Crippen LogP contribution in [0.5, 0.6) is 11.5 Å². The third-order valence-corrected chi connectivity index (χ3v) is 3.43. The maximum Gasteiger partial charge on any atom is 0.127 e. The van der Waals surface area contributed by atoms with E-state index in [0.29, 0.717) is 19.8 Å². The Morgan fingerprint density at radius 1 is 1.30 bits per heavy atom. The second-order valence-electron chi connectivity index (χ2n) is 5.12. The summed E-state index contributed by atoms with van der Waals surface area (Å²) < 4.78 is 17.2. The SMILES string of the molecule is CCCOc1ccc(CN)c(OCC2CCCCO2)c1. The molecular weight excluding hydrogens is 254 g/mol. The van der Waals surface area contributed by atoms with Crippen LogP contribution >= 0.6 is 0 Å². The summed E-state index contributed by atoms with van der Waals surface area (Å²) in [5, 5.41) is 0. The Balaban J connectivity index is 1.96. The summed E-state index contributed by atoms with van der Waals surface area (Å²) in [6, 6.07) is 5.85. The molecule has 1 heterocycles. The van der Waals surface area contributed by atoms with Crippen LogP contribution in [0.2, 0.25) is 0 Å². The van der Waals surface area contributed by atoms with Gasteiger partial charge in [0.25, 0.3) is 0 Å². The van der Waals surface area contributed by atoms with Gasteiger partial charge in [0.05, 0.1) is 12.7 Å². The van der Waals surface area contributed by atoms with Gasteiger partial charge in [-0.25, -0.2) is 0 Å². The lowest BCUT2D eigenvalue weighted by Gasteiger charge is -2.23. The topological polar surface area (TPSA) is 53.7 Å². The molecule has 0 aromatic heterocycles. The molecule has 1 aromatic carbocycles. The highest BCUT2D eigenvalue weighted by molar-refractivity contribution is 5.40. The molecule has 0 radical (unpaired) electrons. The largest absolute Gasteiger partial charge is 0.493 e. The van der Waals surface area contributed by atoms with Crippen molar-refractivity contribution in [1.82, 2.24) is 0 Å². The number of hydrogen-bond donors (Lipinski definition) is 1. The van der Waals surface area contributed by atoms with Crippen molar-refractivity contribution in [3.05, 3.63) is 23.8 Å². The highest BCUT2D eigenvalue weighted by atomic mass is 16.5. The molecule has 1 fully saturated rings. The van der Waals surface area contributed by atoms with Crippen LogP contribution in [0.4, 0.5) is 0 Å². The summed E-state index contributed by atoms with van der Waals surface area (Å²) in [7, 11) is 0. The molecule has 0 aliphatic carbocycles. The number of nitrogens with two attached hydrogens (primary N) is 1. The molecule has 1 aliphatic heterocycles. The van der Waals surface area contributed by atoms with Gasteiger partial charge in [-0.15, -0.1) is 0 Å². The van der Waals surface area contributed by atoms with Crippen LogP contribution in [0, 0.1) is 0 Å². The standard InChI is InChI=1S/C16H25NO3/c1-2-8-18-14-7-6-13(11-17)16(10-14)20-12-15-5-3-4-9-19-15/h6-7,10,15H,2-5,8-9,11-12,17H2,1H3. The number of rotatable bonds is 7. The van der Waals surface area contributed by atoms with E-state index >= 15 is 0 Å². The Hall–Kier alpha value is -1.26. The lowest BCUT2D eigenvalue weighted by atomic mass is 10.1. The van der Waals surface area contributed by atoms with Crippen molar-refractivity contribution >= 4 is 0 Å². The second kappa shape index (κ2) is 8.12. The average Bonchev–Trinajstić information content (AvgIpc) is 2.52. The van der Waals surface area contributed by atoms with Gasteiger partial charge in [0.15, 0.2) is 0 Å². The van der Waals surface area contributed by atoms with Crippen molar-refractivity contribution in [3.8, 4) is 11.5 Å². The Labute approximate surface area is 121 Å². The van der Waals surface area contributed by atoms with E-state index in [9.17, 15) is 0 Å². The first-order valence-corrected chi connectivity index (χ1v) is 7.53. The molecule has 20 heavy (non-hydrogen) atoms. The molecular formula is C16H25NO3. The molecule has 0 bridgehead atoms. The van der Waals surface area contributed by atoms with E-state index in [-0.39, 0.29) is 6.10 Å². The van der Waals surface area contributed by atoms with Crippen LogP contribution in [0.15, 0.2) is 18.2 Å². The minimum Gasteiger partial charge on any atom is -0.493 e. The smallest absolute Gasteiger partial charge is 0.127 e. The zero-order valence-corrected chi connectivity index (χ0v) is 12.3. The zero-order valence-electron chi connectivity index (χ0n) is 12.3. The van der Waals surface area contributed by atoms with Crippen LogP contribution in [-0.4, -0.2) is 25.9 Å². The molecule has 2 rings (SSSR count). The Bertz CT molecular complexity index is 403. The molecule has 1 atom stereocenters. The summed E-state index contributed by atoms with van der Waals surface area (Å²) in [6.45, 7) is 4.70. The van der Waals surface area contributed by atoms with Gasteiger partial charge in [0, 0.05) is 24.8 Å². The maximum atomic E-state index is 5.90. The van der Waals surface area contributed by atoms with Gasteiger partial charge in [0.2, 0.25) is 0 Å². The summed E-state index contributed by atoms with van der Waals surface area (Å²) in [5.41, 5.74) is 6.76. The van der Waals surface area contributed by atoms with Crippen molar-refractivity contribution in [1.29, 1.82) is 0 Å². The first-order valence-electron chi connectivity index (χ1n) is 7.53. The molecule has 4 nitrogen and oxygen atoms in total. The summed E-state index contributed by atoms with van der Waals surface area (Å²) in [5.74, 6) is 1.65. The molecule has 1 aromatic rings. The van der Waals surface area contributed by atoms with Crippen molar-refractivity contribution in [3.63, 3.8) is 0 Å². The average molecular weight is 279 g/mol. The molecule has 0 saturated carbocycles. The number of benzene rings is 1. The second-order valence-corrected chi connectivity index (χ2v) is 5.12. The van der Waals surface area contributed by atoms with Crippen molar-refractivity contribution in [2.75, 3.05) is 19.8 Å². The quantitative estimate of drug-likeness (QED) is 0.834. The predicted molar refractivity (Wildman–Crippen MR) is 79.2 cm³/mol. The Morgan fingerprint density at radius 2 is 2.20 bits per heavy atom. The molecule has 1 aliphatic rings. The van der Waals surface area contributed by atoms with Crippen molar-refractivity contribution < 1.29 is 14.2 Å². The van der Waals surface area contributed by atoms with Crippen LogP contribution in [0.3, 0.4) is 0 Å². The summed E-state index contributed by atoms with van der Waals surface area (Å²) in [6.07, 6.45) is 4.64. The molecule has 4 heteroatoms. The van der Waals surface area contributed by atoms with Gasteiger partial charge in [-0.05, 0) is 31.7 Å². The third-order valence-electron chi connectivity index (χ3n) is 3.43. The van der Waals surface area contributed by atoms with E-state index in [2.05, 4.69) is 6.92 Å². The van der Waals surface area contributed by atoms with Crippen molar-refractivity contribution in [2.24, 2.45) is 5.73 Å². The Kier molecular flexibility index (Phi) is 6.15.